The number of aryl methyl sites for hydroxylation is 1. The molecule has 0 spiro atoms. The summed E-state index contributed by atoms with van der Waals surface area (Å²) in [6.45, 7) is 1.97. The van der Waals surface area contributed by atoms with Crippen molar-refractivity contribution in [3.05, 3.63) is 35.0 Å². The standard InChI is InChI=1S/C17H20N2O2/c1-2-13-14-10-12(11-6-4-3-5-7-11)8-9-15(14)18-19-16(13)17(20)21/h8-11H,2-7H2,1H3,(H,20,21). The number of hydrogen-bond donors (Lipinski definition) is 1. The largest absolute Gasteiger partial charge is 0.476 e. The monoisotopic (exact) mass is 284 g/mol. The number of nitrogens with zero attached hydrogens (tertiary/aromatic N) is 2. The zero-order chi connectivity index (χ0) is 14.8. The van der Waals surface area contributed by atoms with Crippen LogP contribution < -0.4 is 0 Å². The number of carboxylic acid groups (broad SMARTS) is 1. The lowest BCUT2D eigenvalue weighted by Crippen LogP contribution is -2.09. The Morgan fingerprint density at radius 2 is 2.00 bits per heavy atom. The number of rotatable bonds is 3. The molecule has 4 heteroatoms. The van der Waals surface area contributed by atoms with Crippen molar-refractivity contribution in [1.82, 2.24) is 10.2 Å². The molecule has 0 saturated heterocycles. The lowest BCUT2D eigenvalue weighted by molar-refractivity contribution is 0.0688. The molecule has 1 aromatic carbocycles. The second-order valence-electron chi connectivity index (χ2n) is 5.80. The average molecular weight is 284 g/mol. The molecule has 1 saturated carbocycles. The quantitative estimate of drug-likeness (QED) is 0.927. The molecule has 0 amide bonds. The number of carboxylic acids is 1. The molecule has 1 heterocycles. The molecule has 1 aliphatic carbocycles. The Morgan fingerprint density at radius 1 is 1.24 bits per heavy atom. The van der Waals surface area contributed by atoms with E-state index < -0.39 is 5.97 Å². The van der Waals surface area contributed by atoms with Gasteiger partial charge in [-0.15, -0.1) is 10.2 Å². The SMILES string of the molecule is CCc1c(C(=O)O)nnc2ccc(C3CCCCC3)cc12. The van der Waals surface area contributed by atoms with Gasteiger partial charge in [0.1, 0.15) is 0 Å². The van der Waals surface area contributed by atoms with Gasteiger partial charge in [0.2, 0.25) is 0 Å². The van der Waals surface area contributed by atoms with Crippen molar-refractivity contribution < 1.29 is 9.90 Å². The van der Waals surface area contributed by atoms with Crippen molar-refractivity contribution in [2.24, 2.45) is 0 Å². The van der Waals surface area contributed by atoms with Crippen LogP contribution in [0.2, 0.25) is 0 Å². The minimum Gasteiger partial charge on any atom is -0.476 e. The number of hydrogen-bond acceptors (Lipinski definition) is 3. The van der Waals surface area contributed by atoms with E-state index in [1.165, 1.54) is 37.7 Å². The highest BCUT2D eigenvalue weighted by Gasteiger charge is 2.19. The van der Waals surface area contributed by atoms with Crippen molar-refractivity contribution in [2.75, 3.05) is 0 Å². The molecular weight excluding hydrogens is 264 g/mol. The second-order valence-corrected chi connectivity index (χ2v) is 5.80. The first-order valence-electron chi connectivity index (χ1n) is 7.73. The summed E-state index contributed by atoms with van der Waals surface area (Å²) >= 11 is 0. The Morgan fingerprint density at radius 3 is 2.67 bits per heavy atom. The molecule has 2 aromatic rings. The van der Waals surface area contributed by atoms with Crippen LogP contribution in [0.25, 0.3) is 10.9 Å². The van der Waals surface area contributed by atoms with Crippen molar-refractivity contribution in [2.45, 2.75) is 51.4 Å². The summed E-state index contributed by atoms with van der Waals surface area (Å²) in [5, 5.41) is 18.2. The highest BCUT2D eigenvalue weighted by Crippen LogP contribution is 2.34. The Kier molecular flexibility index (Phi) is 3.86. The van der Waals surface area contributed by atoms with Crippen LogP contribution in [0.15, 0.2) is 18.2 Å². The maximum Gasteiger partial charge on any atom is 0.356 e. The summed E-state index contributed by atoms with van der Waals surface area (Å²) in [6.07, 6.45) is 7.03. The van der Waals surface area contributed by atoms with Gasteiger partial charge in [0.15, 0.2) is 5.69 Å². The summed E-state index contributed by atoms with van der Waals surface area (Å²) in [5.41, 5.74) is 2.99. The van der Waals surface area contributed by atoms with E-state index in [1.807, 2.05) is 13.0 Å². The van der Waals surface area contributed by atoms with Gasteiger partial charge in [-0.2, -0.15) is 0 Å². The topological polar surface area (TPSA) is 63.1 Å². The number of aromatic carboxylic acids is 1. The van der Waals surface area contributed by atoms with Gasteiger partial charge in [-0.3, -0.25) is 0 Å². The molecule has 0 aliphatic heterocycles. The molecular formula is C17H20N2O2. The third-order valence-corrected chi connectivity index (χ3v) is 4.52. The van der Waals surface area contributed by atoms with E-state index in [4.69, 9.17) is 0 Å². The van der Waals surface area contributed by atoms with E-state index in [9.17, 15) is 9.90 Å². The van der Waals surface area contributed by atoms with E-state index in [2.05, 4.69) is 22.3 Å². The molecule has 4 nitrogen and oxygen atoms in total. The first-order valence-corrected chi connectivity index (χ1v) is 7.73. The van der Waals surface area contributed by atoms with Gasteiger partial charge in [0.25, 0.3) is 0 Å². The van der Waals surface area contributed by atoms with Crippen LogP contribution in [-0.2, 0) is 6.42 Å². The third kappa shape index (κ3) is 2.62. The van der Waals surface area contributed by atoms with Crippen LogP contribution in [0.1, 0.15) is 66.6 Å². The molecule has 0 unspecified atom stereocenters. The summed E-state index contributed by atoms with van der Waals surface area (Å²) in [5.74, 6) is -0.390. The van der Waals surface area contributed by atoms with Gasteiger partial charge < -0.3 is 5.11 Å². The Labute approximate surface area is 124 Å². The Hall–Kier alpha value is -1.97. The smallest absolute Gasteiger partial charge is 0.356 e. The Balaban J connectivity index is 2.11. The van der Waals surface area contributed by atoms with Gasteiger partial charge in [-0.1, -0.05) is 32.3 Å². The van der Waals surface area contributed by atoms with Gasteiger partial charge in [-0.25, -0.2) is 4.79 Å². The van der Waals surface area contributed by atoms with E-state index in [1.54, 1.807) is 0 Å². The van der Waals surface area contributed by atoms with Crippen molar-refractivity contribution in [1.29, 1.82) is 0 Å². The predicted octanol–water partition coefficient (Wildman–Crippen LogP) is 3.94. The summed E-state index contributed by atoms with van der Waals surface area (Å²) in [7, 11) is 0. The molecule has 1 N–H and O–H groups in total. The fraction of sp³-hybridized carbons (Fsp3) is 0.471. The third-order valence-electron chi connectivity index (χ3n) is 4.52. The van der Waals surface area contributed by atoms with Crippen LogP contribution >= 0.6 is 0 Å². The van der Waals surface area contributed by atoms with Crippen molar-refractivity contribution in [3.63, 3.8) is 0 Å². The van der Waals surface area contributed by atoms with Gasteiger partial charge in [0, 0.05) is 5.39 Å². The van der Waals surface area contributed by atoms with Crippen molar-refractivity contribution in [3.8, 4) is 0 Å². The normalized spacial score (nSPS) is 16.2. The number of aromatic nitrogens is 2. The van der Waals surface area contributed by atoms with Crippen LogP contribution in [0.4, 0.5) is 0 Å². The zero-order valence-electron chi connectivity index (χ0n) is 12.3. The van der Waals surface area contributed by atoms with Crippen LogP contribution in [0.3, 0.4) is 0 Å². The average Bonchev–Trinajstić information content (AvgIpc) is 2.53. The number of fused-ring (bicyclic) bond motifs is 1. The first kappa shape index (κ1) is 14.0. The van der Waals surface area contributed by atoms with E-state index >= 15 is 0 Å². The fourth-order valence-corrected chi connectivity index (χ4v) is 3.39. The molecule has 0 radical (unpaired) electrons. The lowest BCUT2D eigenvalue weighted by Gasteiger charge is -2.22. The molecule has 0 atom stereocenters. The maximum absolute atomic E-state index is 11.3. The van der Waals surface area contributed by atoms with Gasteiger partial charge in [-0.05, 0) is 48.4 Å². The summed E-state index contributed by atoms with van der Waals surface area (Å²) in [6, 6.07) is 6.26. The van der Waals surface area contributed by atoms with Crippen LogP contribution in [-0.4, -0.2) is 21.3 Å². The highest BCUT2D eigenvalue weighted by molar-refractivity contribution is 5.94. The zero-order valence-corrected chi connectivity index (χ0v) is 12.3. The lowest BCUT2D eigenvalue weighted by atomic mass is 9.83. The summed E-state index contributed by atoms with van der Waals surface area (Å²) in [4.78, 5) is 11.3. The van der Waals surface area contributed by atoms with Gasteiger partial charge >= 0.3 is 5.97 Å². The van der Waals surface area contributed by atoms with Crippen LogP contribution in [0, 0.1) is 0 Å². The highest BCUT2D eigenvalue weighted by atomic mass is 16.4. The molecule has 21 heavy (non-hydrogen) atoms. The molecule has 1 fully saturated rings. The number of benzene rings is 1. The molecule has 1 aliphatic rings. The minimum absolute atomic E-state index is 0.0887. The van der Waals surface area contributed by atoms with E-state index in [0.29, 0.717) is 12.3 Å². The summed E-state index contributed by atoms with van der Waals surface area (Å²) < 4.78 is 0. The molecule has 110 valence electrons. The second kappa shape index (κ2) is 5.80. The molecule has 1 aromatic heterocycles. The maximum atomic E-state index is 11.3. The molecule has 0 bridgehead atoms. The van der Waals surface area contributed by atoms with Gasteiger partial charge in [0.05, 0.1) is 5.52 Å². The molecule has 3 rings (SSSR count). The van der Waals surface area contributed by atoms with Crippen LogP contribution in [0.5, 0.6) is 0 Å². The minimum atomic E-state index is -0.996. The van der Waals surface area contributed by atoms with E-state index in [0.717, 1.165) is 16.5 Å². The fourth-order valence-electron chi connectivity index (χ4n) is 3.39. The van der Waals surface area contributed by atoms with Crippen molar-refractivity contribution >= 4 is 16.9 Å². The predicted molar refractivity (Wildman–Crippen MR) is 81.7 cm³/mol. The number of carbonyl (C=O) groups is 1. The Bertz CT molecular complexity index is 676. The van der Waals surface area contributed by atoms with E-state index in [-0.39, 0.29) is 5.69 Å². The first-order chi connectivity index (χ1) is 10.2.